The van der Waals surface area contributed by atoms with Gasteiger partial charge in [0.1, 0.15) is 0 Å². The predicted molar refractivity (Wildman–Crippen MR) is 65.3 cm³/mol. The van der Waals surface area contributed by atoms with Crippen molar-refractivity contribution in [1.82, 2.24) is 5.32 Å². The zero-order chi connectivity index (χ0) is 11.8. The third-order valence-electron chi connectivity index (χ3n) is 1.94. The van der Waals surface area contributed by atoms with E-state index in [1.807, 2.05) is 39.8 Å². The average molecular weight is 205 g/mol. The highest BCUT2D eigenvalue weighted by Gasteiger charge is 2.24. The number of allylic oxidation sites excluding steroid dienone is 5. The lowest BCUT2D eigenvalue weighted by Gasteiger charge is -1.96. The SMILES string of the molecule is C=C/C=C1C(=C/C)\NC(=O)C\1=C\C.CC. The van der Waals surface area contributed by atoms with E-state index in [1.54, 1.807) is 12.2 Å². The Morgan fingerprint density at radius 2 is 1.73 bits per heavy atom. The minimum absolute atomic E-state index is 0.0382. The molecule has 1 fully saturated rings. The van der Waals surface area contributed by atoms with Gasteiger partial charge in [-0.2, -0.15) is 0 Å². The molecule has 15 heavy (non-hydrogen) atoms. The Kier molecular flexibility index (Phi) is 6.11. The Hall–Kier alpha value is -1.57. The van der Waals surface area contributed by atoms with Crippen LogP contribution in [-0.4, -0.2) is 5.91 Å². The minimum atomic E-state index is -0.0382. The third kappa shape index (κ3) is 2.94. The second kappa shape index (κ2) is 6.82. The molecule has 0 saturated carbocycles. The molecule has 0 aromatic heterocycles. The van der Waals surface area contributed by atoms with Gasteiger partial charge < -0.3 is 5.32 Å². The first-order valence-corrected chi connectivity index (χ1v) is 5.22. The van der Waals surface area contributed by atoms with E-state index in [2.05, 4.69) is 11.9 Å². The van der Waals surface area contributed by atoms with Crippen molar-refractivity contribution in [1.29, 1.82) is 0 Å². The van der Waals surface area contributed by atoms with Crippen LogP contribution in [0, 0.1) is 0 Å². The van der Waals surface area contributed by atoms with Crippen molar-refractivity contribution in [3.63, 3.8) is 0 Å². The van der Waals surface area contributed by atoms with Crippen LogP contribution in [0.1, 0.15) is 27.7 Å². The second-order valence-corrected chi connectivity index (χ2v) is 2.67. The van der Waals surface area contributed by atoms with Gasteiger partial charge in [-0.05, 0) is 13.8 Å². The van der Waals surface area contributed by atoms with Gasteiger partial charge in [0.15, 0.2) is 0 Å². The molecule has 1 aliphatic heterocycles. The summed E-state index contributed by atoms with van der Waals surface area (Å²) in [6, 6.07) is 0. The normalized spacial score (nSPS) is 22.7. The van der Waals surface area contributed by atoms with E-state index >= 15 is 0 Å². The van der Waals surface area contributed by atoms with Crippen molar-refractivity contribution >= 4 is 5.91 Å². The summed E-state index contributed by atoms with van der Waals surface area (Å²) in [7, 11) is 0. The van der Waals surface area contributed by atoms with Crippen LogP contribution >= 0.6 is 0 Å². The molecule has 1 N–H and O–H groups in total. The number of amides is 1. The monoisotopic (exact) mass is 205 g/mol. The molecule has 1 amide bonds. The van der Waals surface area contributed by atoms with E-state index in [1.165, 1.54) is 0 Å². The molecular weight excluding hydrogens is 186 g/mol. The number of nitrogens with one attached hydrogen (secondary N) is 1. The average Bonchev–Trinajstić information content (AvgIpc) is 2.58. The lowest BCUT2D eigenvalue weighted by Crippen LogP contribution is -2.12. The van der Waals surface area contributed by atoms with E-state index in [0.717, 1.165) is 11.3 Å². The highest BCUT2D eigenvalue weighted by Crippen LogP contribution is 2.24. The number of carbonyl (C=O) groups is 1. The van der Waals surface area contributed by atoms with Crippen molar-refractivity contribution < 1.29 is 4.79 Å². The molecule has 1 heterocycles. The summed E-state index contributed by atoms with van der Waals surface area (Å²) in [6.07, 6.45) is 7.20. The first kappa shape index (κ1) is 13.4. The summed E-state index contributed by atoms with van der Waals surface area (Å²) in [5.74, 6) is -0.0382. The van der Waals surface area contributed by atoms with Crippen molar-refractivity contribution in [3.05, 3.63) is 47.7 Å². The molecule has 0 bridgehead atoms. The molecule has 0 aliphatic carbocycles. The Morgan fingerprint density at radius 3 is 2.13 bits per heavy atom. The molecule has 2 nitrogen and oxygen atoms in total. The maximum absolute atomic E-state index is 11.4. The molecule has 0 aromatic carbocycles. The van der Waals surface area contributed by atoms with Crippen LogP contribution in [-0.2, 0) is 4.79 Å². The maximum atomic E-state index is 11.4. The first-order valence-electron chi connectivity index (χ1n) is 5.22. The molecule has 0 atom stereocenters. The van der Waals surface area contributed by atoms with Crippen LogP contribution in [0.2, 0.25) is 0 Å². The van der Waals surface area contributed by atoms with Gasteiger partial charge in [-0.3, -0.25) is 4.79 Å². The van der Waals surface area contributed by atoms with Gasteiger partial charge in [0, 0.05) is 16.8 Å². The standard InChI is InChI=1S/C11H13NO.C2H6/c1-4-7-9-8(5-2)11(13)12-10(9)6-3;1-2/h4-7H,1H2,2-3H3,(H,12,13);1-2H3/b8-5+,9-7-,10-6+;. The number of hydrogen-bond acceptors (Lipinski definition) is 1. The van der Waals surface area contributed by atoms with Gasteiger partial charge in [-0.25, -0.2) is 0 Å². The molecule has 1 saturated heterocycles. The Balaban J connectivity index is 0.000000921. The first-order chi connectivity index (χ1) is 7.24. The smallest absolute Gasteiger partial charge is 0.256 e. The number of hydrogen-bond donors (Lipinski definition) is 1. The fraction of sp³-hybridized carbons (Fsp3) is 0.308. The van der Waals surface area contributed by atoms with Crippen molar-refractivity contribution in [2.24, 2.45) is 0 Å². The molecular formula is C13H19NO. The van der Waals surface area contributed by atoms with Crippen LogP contribution in [0.4, 0.5) is 0 Å². The summed E-state index contributed by atoms with van der Waals surface area (Å²) in [4.78, 5) is 11.4. The van der Waals surface area contributed by atoms with Gasteiger partial charge in [0.05, 0.1) is 0 Å². The van der Waals surface area contributed by atoms with Crippen molar-refractivity contribution in [2.45, 2.75) is 27.7 Å². The molecule has 2 heteroatoms. The number of carbonyl (C=O) groups excluding carboxylic acids is 1. The molecule has 0 radical (unpaired) electrons. The number of rotatable bonds is 1. The van der Waals surface area contributed by atoms with E-state index in [4.69, 9.17) is 0 Å². The van der Waals surface area contributed by atoms with Crippen molar-refractivity contribution in [2.75, 3.05) is 0 Å². The second-order valence-electron chi connectivity index (χ2n) is 2.67. The van der Waals surface area contributed by atoms with Gasteiger partial charge in [-0.1, -0.05) is 44.7 Å². The lowest BCUT2D eigenvalue weighted by atomic mass is 10.1. The summed E-state index contributed by atoms with van der Waals surface area (Å²) < 4.78 is 0. The molecule has 1 aliphatic rings. The topological polar surface area (TPSA) is 29.1 Å². The van der Waals surface area contributed by atoms with Crippen LogP contribution in [0.5, 0.6) is 0 Å². The largest absolute Gasteiger partial charge is 0.322 e. The van der Waals surface area contributed by atoms with Crippen LogP contribution in [0.25, 0.3) is 0 Å². The Morgan fingerprint density at radius 1 is 1.13 bits per heavy atom. The fourth-order valence-electron chi connectivity index (χ4n) is 1.34. The summed E-state index contributed by atoms with van der Waals surface area (Å²) >= 11 is 0. The predicted octanol–water partition coefficient (Wildman–Crippen LogP) is 3.10. The van der Waals surface area contributed by atoms with E-state index in [9.17, 15) is 4.79 Å². The third-order valence-corrected chi connectivity index (χ3v) is 1.94. The van der Waals surface area contributed by atoms with Gasteiger partial charge in [0.2, 0.25) is 0 Å². The van der Waals surface area contributed by atoms with E-state index in [-0.39, 0.29) is 5.91 Å². The van der Waals surface area contributed by atoms with Crippen LogP contribution in [0.3, 0.4) is 0 Å². The van der Waals surface area contributed by atoms with Gasteiger partial charge in [-0.15, -0.1) is 0 Å². The van der Waals surface area contributed by atoms with Gasteiger partial charge >= 0.3 is 0 Å². The Labute approximate surface area is 92.1 Å². The zero-order valence-electron chi connectivity index (χ0n) is 9.92. The van der Waals surface area contributed by atoms with Crippen LogP contribution in [0.15, 0.2) is 47.7 Å². The maximum Gasteiger partial charge on any atom is 0.256 e. The summed E-state index contributed by atoms with van der Waals surface area (Å²) in [6.45, 7) is 11.4. The zero-order valence-corrected chi connectivity index (χ0v) is 9.92. The van der Waals surface area contributed by atoms with Crippen LogP contribution < -0.4 is 5.32 Å². The van der Waals surface area contributed by atoms with Gasteiger partial charge in [0.25, 0.3) is 5.91 Å². The molecule has 0 unspecified atom stereocenters. The minimum Gasteiger partial charge on any atom is -0.322 e. The van der Waals surface area contributed by atoms with E-state index in [0.29, 0.717) is 5.57 Å². The summed E-state index contributed by atoms with van der Waals surface area (Å²) in [5.41, 5.74) is 2.50. The lowest BCUT2D eigenvalue weighted by molar-refractivity contribution is -0.115. The van der Waals surface area contributed by atoms with Crippen molar-refractivity contribution in [3.8, 4) is 0 Å². The molecule has 0 spiro atoms. The highest BCUT2D eigenvalue weighted by atomic mass is 16.2. The molecule has 0 aromatic rings. The Bertz CT molecular complexity index is 332. The molecule has 1 rings (SSSR count). The summed E-state index contributed by atoms with van der Waals surface area (Å²) in [5, 5.41) is 2.78. The molecule has 82 valence electrons. The quantitative estimate of drug-likeness (QED) is 0.655. The fourth-order valence-corrected chi connectivity index (χ4v) is 1.34. The highest BCUT2D eigenvalue weighted by molar-refractivity contribution is 6.05. The van der Waals surface area contributed by atoms with E-state index < -0.39 is 0 Å².